The number of rotatable bonds is 2. The number of esters is 1. The van der Waals surface area contributed by atoms with Gasteiger partial charge in [-0.1, -0.05) is 17.7 Å². The summed E-state index contributed by atoms with van der Waals surface area (Å²) in [6.45, 7) is 4.62. The molecule has 2 rings (SSSR count). The van der Waals surface area contributed by atoms with Crippen molar-refractivity contribution in [2.24, 2.45) is 0 Å². The summed E-state index contributed by atoms with van der Waals surface area (Å²) >= 11 is 0. The highest BCUT2D eigenvalue weighted by atomic mass is 16.6. The summed E-state index contributed by atoms with van der Waals surface area (Å²) in [5, 5.41) is 3.06. The zero-order valence-electron chi connectivity index (χ0n) is 9.96. The third-order valence-electron chi connectivity index (χ3n) is 2.94. The predicted molar refractivity (Wildman–Crippen MR) is 62.6 cm³/mol. The number of aryl methyl sites for hydroxylation is 1. The molecule has 1 unspecified atom stereocenters. The summed E-state index contributed by atoms with van der Waals surface area (Å²) in [4.78, 5) is 11.9. The van der Waals surface area contributed by atoms with Crippen LogP contribution < -0.4 is 5.32 Å². The molecule has 1 atom stereocenters. The van der Waals surface area contributed by atoms with Crippen LogP contribution in [0.15, 0.2) is 18.2 Å². The number of likely N-dealkylation sites (N-methyl/N-ethyl adjacent to an activating group) is 1. The van der Waals surface area contributed by atoms with Crippen LogP contribution in [-0.4, -0.2) is 25.2 Å². The molecule has 1 aliphatic rings. The molecule has 1 aromatic carbocycles. The Labute approximate surface area is 95.8 Å². The van der Waals surface area contributed by atoms with E-state index in [1.54, 1.807) is 0 Å². The van der Waals surface area contributed by atoms with Crippen molar-refractivity contribution in [2.45, 2.75) is 25.9 Å². The average Bonchev–Trinajstić information content (AvgIpc) is 2.19. The Balaban J connectivity index is 2.37. The first-order chi connectivity index (χ1) is 7.54. The Kier molecular flexibility index (Phi) is 2.72. The summed E-state index contributed by atoms with van der Waals surface area (Å²) in [7, 11) is 1.86. The minimum atomic E-state index is -0.423. The zero-order chi connectivity index (χ0) is 11.8. The standard InChI is InChI=1S/C13H17NO2/c1-9-4-5-10-7-13(2,8-14-3)16-12(15)11(10)6-9/h4-6,14H,7-8H2,1-3H3. The first-order valence-corrected chi connectivity index (χ1v) is 5.51. The summed E-state index contributed by atoms with van der Waals surface area (Å²) in [6, 6.07) is 5.97. The summed E-state index contributed by atoms with van der Waals surface area (Å²) in [5.41, 5.74) is 2.47. The van der Waals surface area contributed by atoms with E-state index in [9.17, 15) is 4.79 Å². The number of nitrogens with one attached hydrogen (secondary N) is 1. The fourth-order valence-electron chi connectivity index (χ4n) is 2.22. The normalized spacial score (nSPS) is 23.8. The van der Waals surface area contributed by atoms with Crippen LogP contribution >= 0.6 is 0 Å². The van der Waals surface area contributed by atoms with Gasteiger partial charge in [-0.15, -0.1) is 0 Å². The van der Waals surface area contributed by atoms with Gasteiger partial charge in [-0.3, -0.25) is 0 Å². The topological polar surface area (TPSA) is 38.3 Å². The molecule has 0 bridgehead atoms. The van der Waals surface area contributed by atoms with Gasteiger partial charge in [-0.2, -0.15) is 0 Å². The van der Waals surface area contributed by atoms with Crippen LogP contribution in [0.25, 0.3) is 0 Å². The van der Waals surface area contributed by atoms with Crippen LogP contribution in [0.3, 0.4) is 0 Å². The molecule has 3 nitrogen and oxygen atoms in total. The lowest BCUT2D eigenvalue weighted by atomic mass is 9.89. The Morgan fingerprint density at radius 3 is 2.94 bits per heavy atom. The molecule has 1 heterocycles. The lowest BCUT2D eigenvalue weighted by Gasteiger charge is -2.34. The molecular formula is C13H17NO2. The van der Waals surface area contributed by atoms with Gasteiger partial charge in [0.1, 0.15) is 5.60 Å². The zero-order valence-corrected chi connectivity index (χ0v) is 9.96. The molecule has 0 fully saturated rings. The highest BCUT2D eigenvalue weighted by molar-refractivity contribution is 5.92. The number of hydrogen-bond donors (Lipinski definition) is 1. The molecule has 0 spiro atoms. The van der Waals surface area contributed by atoms with Gasteiger partial charge in [0.05, 0.1) is 5.56 Å². The van der Waals surface area contributed by atoms with E-state index in [0.717, 1.165) is 17.5 Å². The molecule has 86 valence electrons. The highest BCUT2D eigenvalue weighted by Crippen LogP contribution is 2.28. The molecule has 1 aromatic rings. The summed E-state index contributed by atoms with van der Waals surface area (Å²) in [6.07, 6.45) is 0.773. The maximum Gasteiger partial charge on any atom is 0.339 e. The van der Waals surface area contributed by atoms with Gasteiger partial charge in [-0.05, 0) is 32.5 Å². The lowest BCUT2D eigenvalue weighted by Crippen LogP contribution is -2.46. The smallest absolute Gasteiger partial charge is 0.339 e. The van der Waals surface area contributed by atoms with Crippen molar-refractivity contribution in [2.75, 3.05) is 13.6 Å². The second kappa shape index (κ2) is 3.91. The van der Waals surface area contributed by atoms with E-state index >= 15 is 0 Å². The number of cyclic esters (lactones) is 1. The Bertz CT molecular complexity index is 428. The Hall–Kier alpha value is -1.35. The van der Waals surface area contributed by atoms with Gasteiger partial charge in [0, 0.05) is 13.0 Å². The van der Waals surface area contributed by atoms with Crippen molar-refractivity contribution in [1.29, 1.82) is 0 Å². The first-order valence-electron chi connectivity index (χ1n) is 5.51. The summed E-state index contributed by atoms with van der Waals surface area (Å²) < 4.78 is 5.49. The molecule has 0 saturated carbocycles. The van der Waals surface area contributed by atoms with E-state index in [1.807, 2.05) is 39.1 Å². The van der Waals surface area contributed by atoms with Gasteiger partial charge in [0.25, 0.3) is 0 Å². The van der Waals surface area contributed by atoms with Crippen LogP contribution in [0.1, 0.15) is 28.4 Å². The average molecular weight is 219 g/mol. The Morgan fingerprint density at radius 1 is 1.50 bits per heavy atom. The molecule has 1 N–H and O–H groups in total. The third-order valence-corrected chi connectivity index (χ3v) is 2.94. The van der Waals surface area contributed by atoms with E-state index < -0.39 is 5.60 Å². The van der Waals surface area contributed by atoms with Crippen LogP contribution in [0, 0.1) is 6.92 Å². The van der Waals surface area contributed by atoms with Gasteiger partial charge in [0.15, 0.2) is 0 Å². The molecule has 0 aliphatic carbocycles. The third kappa shape index (κ3) is 1.95. The number of ether oxygens (including phenoxy) is 1. The van der Waals surface area contributed by atoms with E-state index in [1.165, 1.54) is 0 Å². The molecular weight excluding hydrogens is 202 g/mol. The molecule has 0 aromatic heterocycles. The molecule has 1 aliphatic heterocycles. The largest absolute Gasteiger partial charge is 0.454 e. The molecule has 0 radical (unpaired) electrons. The Morgan fingerprint density at radius 2 is 2.25 bits per heavy atom. The van der Waals surface area contributed by atoms with Gasteiger partial charge >= 0.3 is 5.97 Å². The van der Waals surface area contributed by atoms with Gasteiger partial charge in [0.2, 0.25) is 0 Å². The fraction of sp³-hybridized carbons (Fsp3) is 0.462. The minimum absolute atomic E-state index is 0.206. The van der Waals surface area contributed by atoms with Crippen molar-refractivity contribution in [1.82, 2.24) is 5.32 Å². The monoisotopic (exact) mass is 219 g/mol. The number of fused-ring (bicyclic) bond motifs is 1. The number of hydrogen-bond acceptors (Lipinski definition) is 3. The van der Waals surface area contributed by atoms with Crippen molar-refractivity contribution < 1.29 is 9.53 Å². The van der Waals surface area contributed by atoms with Crippen LogP contribution in [0.2, 0.25) is 0 Å². The van der Waals surface area contributed by atoms with Crippen molar-refractivity contribution in [3.05, 3.63) is 34.9 Å². The summed E-state index contributed by atoms with van der Waals surface area (Å²) in [5.74, 6) is -0.206. The molecule has 0 saturated heterocycles. The molecule has 3 heteroatoms. The van der Waals surface area contributed by atoms with Crippen molar-refractivity contribution >= 4 is 5.97 Å². The number of carbonyl (C=O) groups is 1. The minimum Gasteiger partial charge on any atom is -0.454 e. The van der Waals surface area contributed by atoms with E-state index in [0.29, 0.717) is 12.1 Å². The molecule has 16 heavy (non-hydrogen) atoms. The van der Waals surface area contributed by atoms with E-state index in [-0.39, 0.29) is 5.97 Å². The van der Waals surface area contributed by atoms with E-state index in [4.69, 9.17) is 4.74 Å². The predicted octanol–water partition coefficient (Wildman–Crippen LogP) is 1.69. The van der Waals surface area contributed by atoms with Crippen LogP contribution in [-0.2, 0) is 11.2 Å². The van der Waals surface area contributed by atoms with Gasteiger partial charge < -0.3 is 10.1 Å². The quantitative estimate of drug-likeness (QED) is 0.769. The fourth-order valence-corrected chi connectivity index (χ4v) is 2.22. The second-order valence-electron chi connectivity index (χ2n) is 4.71. The van der Waals surface area contributed by atoms with Gasteiger partial charge in [-0.25, -0.2) is 4.79 Å². The molecule has 0 amide bonds. The van der Waals surface area contributed by atoms with Crippen LogP contribution in [0.4, 0.5) is 0 Å². The highest BCUT2D eigenvalue weighted by Gasteiger charge is 2.35. The number of benzene rings is 1. The maximum absolute atomic E-state index is 11.9. The van der Waals surface area contributed by atoms with Crippen molar-refractivity contribution in [3.63, 3.8) is 0 Å². The second-order valence-corrected chi connectivity index (χ2v) is 4.71. The maximum atomic E-state index is 11.9. The first kappa shape index (κ1) is 11.1. The van der Waals surface area contributed by atoms with Crippen LogP contribution in [0.5, 0.6) is 0 Å². The SMILES string of the molecule is CNCC1(C)Cc2ccc(C)cc2C(=O)O1. The van der Waals surface area contributed by atoms with Crippen molar-refractivity contribution in [3.8, 4) is 0 Å². The number of carbonyl (C=O) groups excluding carboxylic acids is 1. The van der Waals surface area contributed by atoms with E-state index in [2.05, 4.69) is 5.32 Å². The lowest BCUT2D eigenvalue weighted by molar-refractivity contribution is -0.0140.